The Morgan fingerprint density at radius 3 is 2.25 bits per heavy atom. The second-order valence-corrected chi connectivity index (χ2v) is 6.46. The van der Waals surface area contributed by atoms with Crippen LogP contribution in [0, 0.1) is 5.82 Å². The molecule has 28 heavy (non-hydrogen) atoms. The van der Waals surface area contributed by atoms with Crippen LogP contribution in [0.25, 0.3) is 10.9 Å². The van der Waals surface area contributed by atoms with Gasteiger partial charge >= 0.3 is 6.01 Å². The first kappa shape index (κ1) is 18.1. The van der Waals surface area contributed by atoms with Gasteiger partial charge in [-0.1, -0.05) is 0 Å². The molecular formula is C19H12BrFN4O3. The minimum atomic E-state index is -0.503. The Hall–Kier alpha value is -3.33. The third-order valence-corrected chi connectivity index (χ3v) is 4.13. The number of ether oxygens (including phenoxy) is 3. The molecule has 0 saturated carbocycles. The molecule has 9 heteroatoms. The van der Waals surface area contributed by atoms with E-state index in [4.69, 9.17) is 14.2 Å². The van der Waals surface area contributed by atoms with Crippen molar-refractivity contribution in [3.63, 3.8) is 0 Å². The highest BCUT2D eigenvalue weighted by Crippen LogP contribution is 2.32. The summed E-state index contributed by atoms with van der Waals surface area (Å²) < 4.78 is 31.1. The molecule has 0 bridgehead atoms. The maximum atomic E-state index is 13.9. The lowest BCUT2D eigenvalue weighted by molar-refractivity contribution is 0.387. The Labute approximate surface area is 167 Å². The summed E-state index contributed by atoms with van der Waals surface area (Å²) in [6.07, 6.45) is 4.50. The molecular weight excluding hydrogens is 431 g/mol. The highest BCUT2D eigenvalue weighted by atomic mass is 79.9. The lowest BCUT2D eigenvalue weighted by Gasteiger charge is -2.10. The van der Waals surface area contributed by atoms with Crippen LogP contribution < -0.4 is 14.2 Å². The zero-order valence-electron chi connectivity index (χ0n) is 14.5. The summed E-state index contributed by atoms with van der Waals surface area (Å²) in [4.78, 5) is 16.3. The predicted molar refractivity (Wildman–Crippen MR) is 102 cm³/mol. The van der Waals surface area contributed by atoms with E-state index >= 15 is 0 Å². The lowest BCUT2D eigenvalue weighted by atomic mass is 10.2. The summed E-state index contributed by atoms with van der Waals surface area (Å²) in [6, 6.07) is 9.86. The van der Waals surface area contributed by atoms with Gasteiger partial charge in [0, 0.05) is 18.5 Å². The van der Waals surface area contributed by atoms with Crippen LogP contribution in [0.1, 0.15) is 0 Å². The van der Waals surface area contributed by atoms with Crippen molar-refractivity contribution < 1.29 is 18.6 Å². The van der Waals surface area contributed by atoms with E-state index < -0.39 is 5.82 Å². The molecule has 0 radical (unpaired) electrons. The molecule has 4 aromatic rings. The van der Waals surface area contributed by atoms with Crippen molar-refractivity contribution in [3.05, 3.63) is 65.4 Å². The van der Waals surface area contributed by atoms with Gasteiger partial charge in [0.1, 0.15) is 17.8 Å². The number of nitrogens with zero attached hydrogens (tertiary/aromatic N) is 4. The number of halogens is 2. The van der Waals surface area contributed by atoms with Gasteiger partial charge in [-0.3, -0.25) is 0 Å². The van der Waals surface area contributed by atoms with Crippen molar-refractivity contribution in [2.75, 3.05) is 7.11 Å². The number of hydrogen-bond donors (Lipinski definition) is 0. The van der Waals surface area contributed by atoms with Gasteiger partial charge in [0.15, 0.2) is 11.6 Å². The summed E-state index contributed by atoms with van der Waals surface area (Å²) in [5, 5.41) is 0.532. The topological polar surface area (TPSA) is 79.2 Å². The number of methoxy groups -OCH3 is 1. The average Bonchev–Trinajstić information content (AvgIpc) is 2.71. The third kappa shape index (κ3) is 3.84. The predicted octanol–water partition coefficient (Wildman–Crippen LogP) is 4.91. The number of rotatable bonds is 5. The van der Waals surface area contributed by atoms with E-state index in [0.717, 1.165) is 4.47 Å². The monoisotopic (exact) mass is 442 g/mol. The normalized spacial score (nSPS) is 10.7. The highest BCUT2D eigenvalue weighted by molar-refractivity contribution is 9.10. The zero-order chi connectivity index (χ0) is 19.5. The van der Waals surface area contributed by atoms with Crippen molar-refractivity contribution in [3.8, 4) is 29.1 Å². The summed E-state index contributed by atoms with van der Waals surface area (Å²) in [5.74, 6) is 0.938. The molecule has 0 saturated heterocycles. The molecule has 0 aliphatic heterocycles. The van der Waals surface area contributed by atoms with Crippen LogP contribution in [-0.4, -0.2) is 27.0 Å². The van der Waals surface area contributed by atoms with Gasteiger partial charge in [0.05, 0.1) is 22.5 Å². The average molecular weight is 443 g/mol. The molecule has 7 nitrogen and oxygen atoms in total. The molecule has 0 unspecified atom stereocenters. The summed E-state index contributed by atoms with van der Waals surface area (Å²) >= 11 is 3.27. The van der Waals surface area contributed by atoms with Crippen molar-refractivity contribution in [2.45, 2.75) is 0 Å². The van der Waals surface area contributed by atoms with Crippen LogP contribution in [0.15, 0.2) is 59.6 Å². The van der Waals surface area contributed by atoms with Gasteiger partial charge in [0.2, 0.25) is 5.88 Å². The molecule has 0 amide bonds. The molecule has 0 spiro atoms. The van der Waals surface area contributed by atoms with Crippen molar-refractivity contribution in [1.82, 2.24) is 19.9 Å². The minimum absolute atomic E-state index is 0.0883. The first-order valence-electron chi connectivity index (χ1n) is 8.04. The molecule has 0 N–H and O–H groups in total. The fourth-order valence-electron chi connectivity index (χ4n) is 2.42. The van der Waals surface area contributed by atoms with E-state index in [1.165, 1.54) is 25.6 Å². The van der Waals surface area contributed by atoms with E-state index in [9.17, 15) is 4.39 Å². The second kappa shape index (κ2) is 7.73. The van der Waals surface area contributed by atoms with Crippen LogP contribution >= 0.6 is 15.9 Å². The second-order valence-electron chi connectivity index (χ2n) is 5.54. The number of aromatic nitrogens is 4. The highest BCUT2D eigenvalue weighted by Gasteiger charge is 2.12. The van der Waals surface area contributed by atoms with Gasteiger partial charge in [-0.2, -0.15) is 0 Å². The quantitative estimate of drug-likeness (QED) is 0.434. The largest absolute Gasteiger partial charge is 0.494 e. The van der Waals surface area contributed by atoms with Crippen molar-refractivity contribution in [1.29, 1.82) is 0 Å². The number of hydrogen-bond acceptors (Lipinski definition) is 7. The molecule has 0 fully saturated rings. The Morgan fingerprint density at radius 2 is 1.57 bits per heavy atom. The molecule has 4 rings (SSSR count). The Morgan fingerprint density at radius 1 is 0.893 bits per heavy atom. The maximum Gasteiger partial charge on any atom is 0.321 e. The Kier molecular flexibility index (Phi) is 4.98. The molecule has 2 aromatic carbocycles. The number of benzene rings is 2. The third-order valence-electron chi connectivity index (χ3n) is 3.72. The molecule has 0 atom stereocenters. The Balaban J connectivity index is 1.56. The maximum absolute atomic E-state index is 13.9. The van der Waals surface area contributed by atoms with Crippen molar-refractivity contribution in [2.24, 2.45) is 0 Å². The van der Waals surface area contributed by atoms with Gasteiger partial charge < -0.3 is 14.2 Å². The minimum Gasteiger partial charge on any atom is -0.494 e. The van der Waals surface area contributed by atoms with E-state index in [1.54, 1.807) is 36.7 Å². The number of fused-ring (bicyclic) bond motifs is 1. The van der Waals surface area contributed by atoms with E-state index in [0.29, 0.717) is 22.4 Å². The van der Waals surface area contributed by atoms with Crippen LogP contribution in [-0.2, 0) is 0 Å². The van der Waals surface area contributed by atoms with Crippen LogP contribution in [0.5, 0.6) is 29.1 Å². The van der Waals surface area contributed by atoms with Crippen LogP contribution in [0.4, 0.5) is 4.39 Å². The Bertz CT molecular complexity index is 1120. The fraction of sp³-hybridized carbons (Fsp3) is 0.0526. The summed E-state index contributed by atoms with van der Waals surface area (Å²) in [6.45, 7) is 0. The molecule has 0 aliphatic rings. The van der Waals surface area contributed by atoms with E-state index in [2.05, 4.69) is 35.9 Å². The van der Waals surface area contributed by atoms with Gasteiger partial charge in [-0.05, 0) is 46.3 Å². The first-order chi connectivity index (χ1) is 13.6. The lowest BCUT2D eigenvalue weighted by Crippen LogP contribution is -1.95. The molecule has 2 heterocycles. The molecule has 2 aromatic heterocycles. The van der Waals surface area contributed by atoms with E-state index in [-0.39, 0.29) is 17.6 Å². The first-order valence-corrected chi connectivity index (χ1v) is 8.83. The van der Waals surface area contributed by atoms with Gasteiger partial charge in [-0.25, -0.2) is 24.3 Å². The van der Waals surface area contributed by atoms with Crippen LogP contribution in [0.2, 0.25) is 0 Å². The van der Waals surface area contributed by atoms with Gasteiger partial charge in [0.25, 0.3) is 0 Å². The SMILES string of the molecule is COc1cc2c(Oc3ccc(Oc4ncc(Br)cn4)cc3)ncnc2cc1F. The molecule has 0 aliphatic carbocycles. The standard InChI is InChI=1S/C19H12BrFN4O3/c1-26-17-6-14-16(7-15(17)21)24-10-25-18(14)27-12-2-4-13(5-3-12)28-19-22-8-11(20)9-23-19/h2-10H,1H3. The van der Waals surface area contributed by atoms with Crippen molar-refractivity contribution >= 4 is 26.8 Å². The molecule has 140 valence electrons. The van der Waals surface area contributed by atoms with Gasteiger partial charge in [-0.15, -0.1) is 0 Å². The fourth-order valence-corrected chi connectivity index (χ4v) is 2.62. The summed E-state index contributed by atoms with van der Waals surface area (Å²) in [7, 11) is 1.39. The van der Waals surface area contributed by atoms with E-state index in [1.807, 2.05) is 0 Å². The zero-order valence-corrected chi connectivity index (χ0v) is 16.1. The summed E-state index contributed by atoms with van der Waals surface area (Å²) in [5.41, 5.74) is 0.413. The van der Waals surface area contributed by atoms with Crippen LogP contribution in [0.3, 0.4) is 0 Å². The smallest absolute Gasteiger partial charge is 0.321 e.